The molecule has 0 spiro atoms. The number of amides is 1. The number of phenols is 1. The van der Waals surface area contributed by atoms with Crippen molar-refractivity contribution in [1.29, 1.82) is 5.26 Å². The molecule has 1 saturated heterocycles. The fourth-order valence-corrected chi connectivity index (χ4v) is 4.84. The maximum Gasteiger partial charge on any atom is 0.240 e. The van der Waals surface area contributed by atoms with Crippen molar-refractivity contribution >= 4 is 5.91 Å². The molecule has 2 heterocycles. The van der Waals surface area contributed by atoms with E-state index in [4.69, 9.17) is 5.26 Å². The number of hydrogen-bond acceptors (Lipinski definition) is 5. The van der Waals surface area contributed by atoms with Gasteiger partial charge in [-0.15, -0.1) is 0 Å². The van der Waals surface area contributed by atoms with Crippen LogP contribution in [0.5, 0.6) is 5.75 Å². The molecule has 0 bridgehead atoms. The summed E-state index contributed by atoms with van der Waals surface area (Å²) in [5, 5.41) is 22.4. The van der Waals surface area contributed by atoms with Crippen molar-refractivity contribution in [2.24, 2.45) is 0 Å². The molecule has 0 radical (unpaired) electrons. The molecule has 0 unspecified atom stereocenters. The predicted molar refractivity (Wildman–Crippen MR) is 136 cm³/mol. The fourth-order valence-electron chi connectivity index (χ4n) is 4.84. The second-order valence-electron chi connectivity index (χ2n) is 9.10. The highest BCUT2D eigenvalue weighted by Gasteiger charge is 2.37. The maximum atomic E-state index is 14.0. The lowest BCUT2D eigenvalue weighted by atomic mass is 9.97. The monoisotopic (exact) mass is 495 g/mol. The topological polar surface area (TPSA) is 94.2 Å². The van der Waals surface area contributed by atoms with Gasteiger partial charge >= 0.3 is 0 Å². The average molecular weight is 496 g/mol. The largest absolute Gasteiger partial charge is 0.508 e. The molecule has 1 aliphatic rings. The number of nitrogens with zero attached hydrogens (tertiary/aromatic N) is 4. The Morgan fingerprint density at radius 3 is 2.68 bits per heavy atom. The normalized spacial score (nSPS) is 16.1. The van der Waals surface area contributed by atoms with Crippen LogP contribution in [0.2, 0.25) is 0 Å². The number of rotatable bonds is 8. The van der Waals surface area contributed by atoms with Crippen molar-refractivity contribution in [1.82, 2.24) is 19.8 Å². The second-order valence-corrected chi connectivity index (χ2v) is 9.10. The first-order chi connectivity index (χ1) is 18.0. The first kappa shape index (κ1) is 24.2. The van der Waals surface area contributed by atoms with Crippen LogP contribution in [0, 0.1) is 17.1 Å². The summed E-state index contributed by atoms with van der Waals surface area (Å²) in [5.74, 6) is -0.385. The Kier molecular flexibility index (Phi) is 6.97. The van der Waals surface area contributed by atoms with Gasteiger partial charge in [-0.3, -0.25) is 4.79 Å². The number of benzene rings is 3. The lowest BCUT2D eigenvalue weighted by molar-refractivity contribution is -0.130. The summed E-state index contributed by atoms with van der Waals surface area (Å²) in [7, 11) is 0. The molecule has 8 heteroatoms. The zero-order valence-electron chi connectivity index (χ0n) is 20.1. The molecule has 0 saturated carbocycles. The molecule has 0 aliphatic carbocycles. The number of carbonyl (C=O) groups excluding carboxylic acids is 1. The molecule has 7 nitrogen and oxygen atoms in total. The Hall–Kier alpha value is -4.48. The van der Waals surface area contributed by atoms with Crippen LogP contribution in [-0.2, 0) is 17.9 Å². The van der Waals surface area contributed by atoms with Gasteiger partial charge in [-0.05, 0) is 47.4 Å². The molecule has 1 aromatic heterocycles. The van der Waals surface area contributed by atoms with E-state index < -0.39 is 5.82 Å². The van der Waals surface area contributed by atoms with Crippen LogP contribution in [-0.4, -0.2) is 38.1 Å². The average Bonchev–Trinajstić information content (AvgIpc) is 3.50. The summed E-state index contributed by atoms with van der Waals surface area (Å²) < 4.78 is 15.9. The standard InChI is InChI=1S/C29H26FN5O2/c30-26-13-20(9-10-23(26)15-31)18-34-19-32-16-24(34)17-33-27-11-12-35(29(27)37)28(21-5-2-1-3-6-21)22-7-4-8-25(36)14-22/h1-10,13-14,16,19,27-28,33,36H,11-12,17-18H2/t27-,28+/m0/s1. The van der Waals surface area contributed by atoms with Crippen LogP contribution in [0.4, 0.5) is 4.39 Å². The summed E-state index contributed by atoms with van der Waals surface area (Å²) in [6, 6.07) is 22.6. The molecule has 2 N–H and O–H groups in total. The minimum atomic E-state index is -0.545. The van der Waals surface area contributed by atoms with E-state index in [9.17, 15) is 14.3 Å². The van der Waals surface area contributed by atoms with Gasteiger partial charge < -0.3 is 19.9 Å². The van der Waals surface area contributed by atoms with E-state index in [0.29, 0.717) is 26.1 Å². The van der Waals surface area contributed by atoms with Crippen LogP contribution < -0.4 is 5.32 Å². The third kappa shape index (κ3) is 5.22. The SMILES string of the molecule is N#Cc1ccc(Cn2cncc2CN[C@H]2CCN([C@H](c3ccccc3)c3cccc(O)c3)C2=O)cc1F. The van der Waals surface area contributed by atoms with Gasteiger partial charge in [-0.25, -0.2) is 9.37 Å². The third-order valence-corrected chi connectivity index (χ3v) is 6.69. The molecule has 37 heavy (non-hydrogen) atoms. The smallest absolute Gasteiger partial charge is 0.240 e. The molecule has 1 amide bonds. The fraction of sp³-hybridized carbons (Fsp3) is 0.207. The van der Waals surface area contributed by atoms with E-state index in [1.54, 1.807) is 36.8 Å². The van der Waals surface area contributed by atoms with Crippen molar-refractivity contribution in [3.05, 3.63) is 119 Å². The molecule has 1 fully saturated rings. The van der Waals surface area contributed by atoms with Gasteiger partial charge in [0.05, 0.1) is 29.7 Å². The van der Waals surface area contributed by atoms with E-state index in [1.807, 2.05) is 51.9 Å². The summed E-state index contributed by atoms with van der Waals surface area (Å²) >= 11 is 0. The van der Waals surface area contributed by atoms with E-state index >= 15 is 0 Å². The number of aromatic nitrogens is 2. The van der Waals surface area contributed by atoms with Crippen LogP contribution in [0.25, 0.3) is 0 Å². The Labute approximate surface area is 214 Å². The Balaban J connectivity index is 1.29. The summed E-state index contributed by atoms with van der Waals surface area (Å²) in [5.41, 5.74) is 3.43. The molecule has 4 aromatic rings. The quantitative estimate of drug-likeness (QED) is 0.383. The van der Waals surface area contributed by atoms with Crippen LogP contribution >= 0.6 is 0 Å². The Morgan fingerprint density at radius 1 is 1.11 bits per heavy atom. The number of nitriles is 1. The van der Waals surface area contributed by atoms with Gasteiger partial charge in [-0.1, -0.05) is 48.5 Å². The number of halogens is 1. The number of carbonyl (C=O) groups is 1. The van der Waals surface area contributed by atoms with E-state index in [0.717, 1.165) is 22.4 Å². The zero-order valence-corrected chi connectivity index (χ0v) is 20.1. The number of imidazole rings is 1. The summed E-state index contributed by atoms with van der Waals surface area (Å²) in [4.78, 5) is 19.6. The molecule has 1 aliphatic heterocycles. The third-order valence-electron chi connectivity index (χ3n) is 6.69. The molecular formula is C29H26FN5O2. The number of phenolic OH excluding ortho intramolecular Hbond substituents is 1. The second kappa shape index (κ2) is 10.6. The molecule has 186 valence electrons. The number of likely N-dealkylation sites (tertiary alicyclic amines) is 1. The van der Waals surface area contributed by atoms with Gasteiger partial charge in [0, 0.05) is 25.8 Å². The first-order valence-corrected chi connectivity index (χ1v) is 12.1. The minimum Gasteiger partial charge on any atom is -0.508 e. The van der Waals surface area contributed by atoms with Crippen molar-refractivity contribution < 1.29 is 14.3 Å². The van der Waals surface area contributed by atoms with Gasteiger partial charge in [-0.2, -0.15) is 5.26 Å². The highest BCUT2D eigenvalue weighted by atomic mass is 19.1. The summed E-state index contributed by atoms with van der Waals surface area (Å²) in [6.07, 6.45) is 4.04. The maximum absolute atomic E-state index is 14.0. The van der Waals surface area contributed by atoms with Crippen molar-refractivity contribution in [2.45, 2.75) is 31.6 Å². The van der Waals surface area contributed by atoms with E-state index in [2.05, 4.69) is 10.3 Å². The number of aromatic hydroxyl groups is 1. The van der Waals surface area contributed by atoms with Gasteiger partial charge in [0.15, 0.2) is 0 Å². The highest BCUT2D eigenvalue weighted by molar-refractivity contribution is 5.85. The van der Waals surface area contributed by atoms with Crippen LogP contribution in [0.3, 0.4) is 0 Å². The van der Waals surface area contributed by atoms with Crippen molar-refractivity contribution in [3.63, 3.8) is 0 Å². The minimum absolute atomic E-state index is 0.00238. The van der Waals surface area contributed by atoms with Crippen molar-refractivity contribution in [2.75, 3.05) is 6.54 Å². The lowest BCUT2D eigenvalue weighted by Crippen LogP contribution is -2.40. The number of nitrogens with one attached hydrogen (secondary N) is 1. The van der Waals surface area contributed by atoms with E-state index in [1.165, 1.54) is 12.1 Å². The predicted octanol–water partition coefficient (Wildman–Crippen LogP) is 4.13. The summed E-state index contributed by atoms with van der Waals surface area (Å²) in [6.45, 7) is 1.40. The zero-order chi connectivity index (χ0) is 25.8. The van der Waals surface area contributed by atoms with Crippen LogP contribution in [0.15, 0.2) is 85.3 Å². The lowest BCUT2D eigenvalue weighted by Gasteiger charge is -2.29. The molecule has 3 aromatic carbocycles. The van der Waals surface area contributed by atoms with E-state index in [-0.39, 0.29) is 29.3 Å². The van der Waals surface area contributed by atoms with Crippen LogP contribution in [0.1, 0.15) is 40.4 Å². The first-order valence-electron chi connectivity index (χ1n) is 12.1. The van der Waals surface area contributed by atoms with Gasteiger partial charge in [0.25, 0.3) is 0 Å². The van der Waals surface area contributed by atoms with Crippen molar-refractivity contribution in [3.8, 4) is 11.8 Å². The highest BCUT2D eigenvalue weighted by Crippen LogP contribution is 2.33. The Morgan fingerprint density at radius 2 is 1.92 bits per heavy atom. The molecule has 5 rings (SSSR count). The number of hydrogen-bond donors (Lipinski definition) is 2. The molecular weight excluding hydrogens is 469 g/mol. The van der Waals surface area contributed by atoms with Gasteiger partial charge in [0.1, 0.15) is 17.6 Å². The molecule has 2 atom stereocenters. The van der Waals surface area contributed by atoms with Gasteiger partial charge in [0.2, 0.25) is 5.91 Å². The Bertz CT molecular complexity index is 1450.